The van der Waals surface area contributed by atoms with Crippen LogP contribution in [0.2, 0.25) is 0 Å². The van der Waals surface area contributed by atoms with Gasteiger partial charge in [0.05, 0.1) is 5.56 Å². The van der Waals surface area contributed by atoms with Crippen molar-refractivity contribution in [2.24, 2.45) is 0 Å². The van der Waals surface area contributed by atoms with Gasteiger partial charge >= 0.3 is 0 Å². The van der Waals surface area contributed by atoms with Gasteiger partial charge in [-0.3, -0.25) is 4.79 Å². The van der Waals surface area contributed by atoms with Gasteiger partial charge in [0.2, 0.25) is 5.95 Å². The van der Waals surface area contributed by atoms with Crippen molar-refractivity contribution in [2.45, 2.75) is 33.1 Å². The van der Waals surface area contributed by atoms with Crippen LogP contribution in [-0.4, -0.2) is 22.4 Å². The Labute approximate surface area is 131 Å². The summed E-state index contributed by atoms with van der Waals surface area (Å²) in [5.74, 6) is 0.806. The third kappa shape index (κ3) is 4.28. The summed E-state index contributed by atoms with van der Waals surface area (Å²) in [6.45, 7) is 7.16. The molecular weight excluding hydrogens is 276 g/mol. The standard InChI is InChI=1S/C17H22N4O/c1-4-9-18-17-19-10-14(11-20-17)16(22)21-15-7-5-13(6-8-15)12(2)3/h5-8,10-12H,4,9H2,1-3H3,(H,21,22)(H,18,19,20). The van der Waals surface area contributed by atoms with Crippen LogP contribution in [0.4, 0.5) is 11.6 Å². The first kappa shape index (κ1) is 15.9. The van der Waals surface area contributed by atoms with Crippen molar-refractivity contribution in [1.29, 1.82) is 0 Å². The second-order valence-corrected chi connectivity index (χ2v) is 5.45. The fraction of sp³-hybridized carbons (Fsp3) is 0.353. The van der Waals surface area contributed by atoms with Gasteiger partial charge in [0.15, 0.2) is 0 Å². The Kier molecular flexibility index (Phi) is 5.47. The largest absolute Gasteiger partial charge is 0.354 e. The molecule has 1 aromatic heterocycles. The van der Waals surface area contributed by atoms with Gasteiger partial charge in [0, 0.05) is 24.6 Å². The molecule has 1 aromatic carbocycles. The maximum Gasteiger partial charge on any atom is 0.258 e. The molecule has 0 saturated carbocycles. The summed E-state index contributed by atoms with van der Waals surface area (Å²) in [6.07, 6.45) is 4.06. The molecule has 22 heavy (non-hydrogen) atoms. The topological polar surface area (TPSA) is 66.9 Å². The van der Waals surface area contributed by atoms with E-state index in [1.807, 2.05) is 24.3 Å². The predicted octanol–water partition coefficient (Wildman–Crippen LogP) is 3.67. The molecule has 2 aromatic rings. The molecule has 2 N–H and O–H groups in total. The van der Waals surface area contributed by atoms with Crippen LogP contribution in [0.1, 0.15) is 49.0 Å². The van der Waals surface area contributed by atoms with E-state index in [-0.39, 0.29) is 5.91 Å². The van der Waals surface area contributed by atoms with Crippen LogP contribution in [0.25, 0.3) is 0 Å². The SMILES string of the molecule is CCCNc1ncc(C(=O)Nc2ccc(C(C)C)cc2)cn1. The molecule has 0 atom stereocenters. The molecule has 0 saturated heterocycles. The lowest BCUT2D eigenvalue weighted by Crippen LogP contribution is -2.13. The highest BCUT2D eigenvalue weighted by Crippen LogP contribution is 2.17. The lowest BCUT2D eigenvalue weighted by molar-refractivity contribution is 0.102. The predicted molar refractivity (Wildman–Crippen MR) is 89.3 cm³/mol. The number of aromatic nitrogens is 2. The number of benzene rings is 1. The van der Waals surface area contributed by atoms with Crippen molar-refractivity contribution < 1.29 is 4.79 Å². The van der Waals surface area contributed by atoms with Crippen molar-refractivity contribution in [3.05, 3.63) is 47.8 Å². The van der Waals surface area contributed by atoms with Crippen LogP contribution in [0, 0.1) is 0 Å². The van der Waals surface area contributed by atoms with Crippen molar-refractivity contribution in [1.82, 2.24) is 9.97 Å². The van der Waals surface area contributed by atoms with E-state index in [1.165, 1.54) is 18.0 Å². The molecule has 0 bridgehead atoms. The quantitative estimate of drug-likeness (QED) is 0.854. The average Bonchev–Trinajstić information content (AvgIpc) is 2.54. The fourth-order valence-corrected chi connectivity index (χ4v) is 1.93. The molecule has 116 valence electrons. The van der Waals surface area contributed by atoms with Gasteiger partial charge in [-0.1, -0.05) is 32.9 Å². The average molecular weight is 298 g/mol. The summed E-state index contributed by atoms with van der Waals surface area (Å²) in [7, 11) is 0. The molecule has 0 aliphatic carbocycles. The third-order valence-corrected chi connectivity index (χ3v) is 3.28. The molecule has 0 spiro atoms. The molecular formula is C17H22N4O. The molecule has 2 rings (SSSR count). The molecule has 5 nitrogen and oxygen atoms in total. The molecule has 0 radical (unpaired) electrons. The minimum Gasteiger partial charge on any atom is -0.354 e. The Bertz CT molecular complexity index is 606. The van der Waals surface area contributed by atoms with Crippen LogP contribution in [-0.2, 0) is 0 Å². The zero-order valence-electron chi connectivity index (χ0n) is 13.3. The van der Waals surface area contributed by atoms with Gasteiger partial charge < -0.3 is 10.6 Å². The number of amides is 1. The van der Waals surface area contributed by atoms with Crippen LogP contribution in [0.3, 0.4) is 0 Å². The maximum atomic E-state index is 12.1. The van der Waals surface area contributed by atoms with E-state index >= 15 is 0 Å². The number of nitrogens with one attached hydrogen (secondary N) is 2. The van der Waals surface area contributed by atoms with Crippen LogP contribution < -0.4 is 10.6 Å². The van der Waals surface area contributed by atoms with E-state index in [1.54, 1.807) is 0 Å². The normalized spacial score (nSPS) is 10.5. The molecule has 0 fully saturated rings. The van der Waals surface area contributed by atoms with E-state index in [0.29, 0.717) is 17.4 Å². The fourth-order valence-electron chi connectivity index (χ4n) is 1.93. The molecule has 0 aliphatic heterocycles. The number of nitrogens with zero attached hydrogens (tertiary/aromatic N) is 2. The lowest BCUT2D eigenvalue weighted by atomic mass is 10.0. The van der Waals surface area contributed by atoms with Gasteiger partial charge in [0.25, 0.3) is 5.91 Å². The third-order valence-electron chi connectivity index (χ3n) is 3.28. The Morgan fingerprint density at radius 3 is 2.32 bits per heavy atom. The highest BCUT2D eigenvalue weighted by atomic mass is 16.1. The summed E-state index contributed by atoms with van der Waals surface area (Å²) >= 11 is 0. The van der Waals surface area contributed by atoms with E-state index < -0.39 is 0 Å². The minimum absolute atomic E-state index is 0.209. The lowest BCUT2D eigenvalue weighted by Gasteiger charge is -2.08. The summed E-state index contributed by atoms with van der Waals surface area (Å²) in [4.78, 5) is 20.4. The Morgan fingerprint density at radius 1 is 1.14 bits per heavy atom. The number of carbonyl (C=O) groups is 1. The highest BCUT2D eigenvalue weighted by Gasteiger charge is 2.08. The van der Waals surface area contributed by atoms with E-state index in [4.69, 9.17) is 0 Å². The minimum atomic E-state index is -0.209. The first-order valence-corrected chi connectivity index (χ1v) is 7.57. The summed E-state index contributed by atoms with van der Waals surface area (Å²) in [6, 6.07) is 7.86. The van der Waals surface area contributed by atoms with Gasteiger partial charge in [-0.15, -0.1) is 0 Å². The maximum absolute atomic E-state index is 12.1. The molecule has 0 unspecified atom stereocenters. The van der Waals surface area contributed by atoms with Gasteiger partial charge in [-0.25, -0.2) is 9.97 Å². The first-order chi connectivity index (χ1) is 10.6. The van der Waals surface area contributed by atoms with Crippen LogP contribution >= 0.6 is 0 Å². The van der Waals surface area contributed by atoms with Gasteiger partial charge in [-0.2, -0.15) is 0 Å². The second kappa shape index (κ2) is 7.54. The van der Waals surface area contributed by atoms with Crippen LogP contribution in [0.5, 0.6) is 0 Å². The van der Waals surface area contributed by atoms with E-state index in [0.717, 1.165) is 18.7 Å². The molecule has 0 aliphatic rings. The summed E-state index contributed by atoms with van der Waals surface area (Å²) in [5.41, 5.74) is 2.45. The summed E-state index contributed by atoms with van der Waals surface area (Å²) in [5, 5.41) is 5.92. The Hall–Kier alpha value is -2.43. The van der Waals surface area contributed by atoms with E-state index in [9.17, 15) is 4.79 Å². The van der Waals surface area contributed by atoms with E-state index in [2.05, 4.69) is 41.4 Å². The number of carbonyl (C=O) groups excluding carboxylic acids is 1. The number of anilines is 2. The van der Waals surface area contributed by atoms with Crippen molar-refractivity contribution >= 4 is 17.5 Å². The van der Waals surface area contributed by atoms with Crippen molar-refractivity contribution in [2.75, 3.05) is 17.2 Å². The van der Waals surface area contributed by atoms with Crippen LogP contribution in [0.15, 0.2) is 36.7 Å². The molecule has 1 heterocycles. The Morgan fingerprint density at radius 2 is 1.77 bits per heavy atom. The monoisotopic (exact) mass is 298 g/mol. The highest BCUT2D eigenvalue weighted by molar-refractivity contribution is 6.03. The summed E-state index contributed by atoms with van der Waals surface area (Å²) < 4.78 is 0. The van der Waals surface area contributed by atoms with Gasteiger partial charge in [-0.05, 0) is 30.0 Å². The molecule has 1 amide bonds. The zero-order valence-corrected chi connectivity index (χ0v) is 13.3. The number of hydrogen-bond donors (Lipinski definition) is 2. The number of hydrogen-bond acceptors (Lipinski definition) is 4. The Balaban J connectivity index is 1.99. The number of rotatable bonds is 6. The zero-order chi connectivity index (χ0) is 15.9. The smallest absolute Gasteiger partial charge is 0.258 e. The first-order valence-electron chi connectivity index (χ1n) is 7.57. The van der Waals surface area contributed by atoms with Crippen molar-refractivity contribution in [3.63, 3.8) is 0 Å². The molecule has 5 heteroatoms. The second-order valence-electron chi connectivity index (χ2n) is 5.45. The van der Waals surface area contributed by atoms with Crippen molar-refractivity contribution in [3.8, 4) is 0 Å². The van der Waals surface area contributed by atoms with Gasteiger partial charge in [0.1, 0.15) is 0 Å².